The first-order valence-electron chi connectivity index (χ1n) is 6.95. The van der Waals surface area contributed by atoms with E-state index in [1.807, 2.05) is 0 Å². The van der Waals surface area contributed by atoms with Crippen molar-refractivity contribution in [3.05, 3.63) is 0 Å². The molecule has 0 aromatic heterocycles. The summed E-state index contributed by atoms with van der Waals surface area (Å²) in [6.07, 6.45) is 2.76. The van der Waals surface area contributed by atoms with Crippen LogP contribution < -0.4 is 0 Å². The van der Waals surface area contributed by atoms with Crippen LogP contribution in [0.25, 0.3) is 0 Å². The van der Waals surface area contributed by atoms with Crippen molar-refractivity contribution in [1.82, 2.24) is 0 Å². The van der Waals surface area contributed by atoms with Gasteiger partial charge in [0, 0.05) is 13.2 Å². The Balaban J connectivity index is 2.10. The monoisotopic (exact) mass is 260 g/mol. The Bertz CT molecular complexity index is 209. The maximum Gasteiger partial charge on any atom is 0.192 e. The van der Waals surface area contributed by atoms with Crippen molar-refractivity contribution >= 4 is 8.32 Å². The molecule has 1 heterocycles. The van der Waals surface area contributed by atoms with Gasteiger partial charge in [0.05, 0.1) is 13.2 Å². The van der Waals surface area contributed by atoms with Gasteiger partial charge in [-0.05, 0) is 37.9 Å². The summed E-state index contributed by atoms with van der Waals surface area (Å²) < 4.78 is 16.7. The Morgan fingerprint density at radius 2 is 2.12 bits per heavy atom. The first-order valence-corrected chi connectivity index (χ1v) is 9.65. The van der Waals surface area contributed by atoms with Crippen molar-refractivity contribution in [2.75, 3.05) is 26.4 Å². The molecule has 3 unspecified atom stereocenters. The van der Waals surface area contributed by atoms with Gasteiger partial charge in [-0.15, -0.1) is 0 Å². The third kappa shape index (κ3) is 5.51. The zero-order valence-corrected chi connectivity index (χ0v) is 12.8. The summed E-state index contributed by atoms with van der Waals surface area (Å²) in [6.45, 7) is 12.5. The van der Waals surface area contributed by atoms with Gasteiger partial charge in [-0.2, -0.15) is 0 Å². The van der Waals surface area contributed by atoms with Crippen LogP contribution >= 0.6 is 0 Å². The normalized spacial score (nSPS) is 24.4. The summed E-state index contributed by atoms with van der Waals surface area (Å²) in [6, 6.07) is 1.21. The van der Waals surface area contributed by atoms with Gasteiger partial charge in [0.1, 0.15) is 6.10 Å². The van der Waals surface area contributed by atoms with E-state index < -0.39 is 8.32 Å². The Kier molecular flexibility index (Phi) is 6.70. The van der Waals surface area contributed by atoms with E-state index in [4.69, 9.17) is 13.9 Å². The maximum absolute atomic E-state index is 6.02. The molecule has 0 N–H and O–H groups in total. The number of ether oxygens (including phenoxy) is 2. The van der Waals surface area contributed by atoms with Crippen molar-refractivity contribution in [3.8, 4) is 0 Å². The molecule has 0 aromatic rings. The van der Waals surface area contributed by atoms with Crippen molar-refractivity contribution in [2.45, 2.75) is 57.8 Å². The van der Waals surface area contributed by atoms with E-state index >= 15 is 0 Å². The average molecular weight is 260 g/mol. The van der Waals surface area contributed by atoms with E-state index in [2.05, 4.69) is 27.3 Å². The summed E-state index contributed by atoms with van der Waals surface area (Å²) in [7, 11) is -1.48. The van der Waals surface area contributed by atoms with Gasteiger partial charge in [0.15, 0.2) is 8.32 Å². The third-order valence-electron chi connectivity index (χ3n) is 3.85. The Morgan fingerprint density at radius 1 is 1.41 bits per heavy atom. The first kappa shape index (κ1) is 15.2. The van der Waals surface area contributed by atoms with Crippen LogP contribution in [0.1, 0.15) is 33.6 Å². The summed E-state index contributed by atoms with van der Waals surface area (Å²) in [5.41, 5.74) is 0.716. The van der Waals surface area contributed by atoms with Gasteiger partial charge in [0.2, 0.25) is 0 Å². The SMILES string of the molecule is CCO[Si](C)(CC)C(C)CCCOCC1CO1. The van der Waals surface area contributed by atoms with Gasteiger partial charge < -0.3 is 13.9 Å². The van der Waals surface area contributed by atoms with Gasteiger partial charge in [-0.25, -0.2) is 0 Å². The summed E-state index contributed by atoms with van der Waals surface area (Å²) in [5, 5.41) is 0. The van der Waals surface area contributed by atoms with Crippen LogP contribution in [0.15, 0.2) is 0 Å². The molecular formula is C13H28O3Si. The minimum absolute atomic E-state index is 0.395. The molecular weight excluding hydrogens is 232 g/mol. The summed E-state index contributed by atoms with van der Waals surface area (Å²) in [4.78, 5) is 0. The van der Waals surface area contributed by atoms with Crippen LogP contribution in [0.2, 0.25) is 18.1 Å². The number of epoxide rings is 1. The Hall–Kier alpha value is 0.0969. The second kappa shape index (κ2) is 7.51. The van der Waals surface area contributed by atoms with Crippen molar-refractivity contribution in [3.63, 3.8) is 0 Å². The molecule has 0 spiro atoms. The highest BCUT2D eigenvalue weighted by Gasteiger charge is 2.33. The lowest BCUT2D eigenvalue weighted by molar-refractivity contribution is 0.113. The van der Waals surface area contributed by atoms with Gasteiger partial charge in [0.25, 0.3) is 0 Å². The molecule has 1 aliphatic heterocycles. The maximum atomic E-state index is 6.02. The molecule has 0 amide bonds. The summed E-state index contributed by atoms with van der Waals surface area (Å²) in [5.74, 6) is 0. The van der Waals surface area contributed by atoms with Crippen LogP contribution in [0, 0.1) is 0 Å². The van der Waals surface area contributed by atoms with E-state index in [0.717, 1.165) is 32.8 Å². The quantitative estimate of drug-likeness (QED) is 0.343. The fourth-order valence-electron chi connectivity index (χ4n) is 2.10. The van der Waals surface area contributed by atoms with E-state index in [0.29, 0.717) is 11.6 Å². The molecule has 0 aromatic carbocycles. The smallest absolute Gasteiger partial charge is 0.192 e. The fraction of sp³-hybridized carbons (Fsp3) is 1.00. The Morgan fingerprint density at radius 3 is 2.65 bits per heavy atom. The highest BCUT2D eigenvalue weighted by molar-refractivity contribution is 6.73. The van der Waals surface area contributed by atoms with E-state index in [-0.39, 0.29) is 0 Å². The lowest BCUT2D eigenvalue weighted by Crippen LogP contribution is -2.38. The molecule has 0 saturated carbocycles. The molecule has 102 valence electrons. The number of hydrogen-bond donors (Lipinski definition) is 0. The number of hydrogen-bond acceptors (Lipinski definition) is 3. The van der Waals surface area contributed by atoms with E-state index in [9.17, 15) is 0 Å². The molecule has 3 atom stereocenters. The standard InChI is InChI=1S/C13H28O3Si/c1-5-16-17(4,6-2)12(3)8-7-9-14-10-13-11-15-13/h12-13H,5-11H2,1-4H3. The molecule has 1 rings (SSSR count). The largest absolute Gasteiger partial charge is 0.417 e. The van der Waals surface area contributed by atoms with Crippen molar-refractivity contribution in [2.24, 2.45) is 0 Å². The average Bonchev–Trinajstić information content (AvgIpc) is 3.12. The zero-order valence-electron chi connectivity index (χ0n) is 11.8. The first-order chi connectivity index (χ1) is 8.12. The second-order valence-corrected chi connectivity index (χ2v) is 9.78. The topological polar surface area (TPSA) is 31.0 Å². The van der Waals surface area contributed by atoms with Crippen LogP contribution in [0.3, 0.4) is 0 Å². The Labute approximate surface area is 107 Å². The van der Waals surface area contributed by atoms with Gasteiger partial charge in [-0.3, -0.25) is 0 Å². The zero-order chi connectivity index (χ0) is 12.7. The lowest BCUT2D eigenvalue weighted by atomic mass is 10.2. The number of rotatable bonds is 10. The van der Waals surface area contributed by atoms with Crippen molar-refractivity contribution in [1.29, 1.82) is 0 Å². The third-order valence-corrected chi connectivity index (χ3v) is 8.58. The molecule has 1 fully saturated rings. The molecule has 4 heteroatoms. The second-order valence-electron chi connectivity index (χ2n) is 5.17. The van der Waals surface area contributed by atoms with Gasteiger partial charge >= 0.3 is 0 Å². The highest BCUT2D eigenvalue weighted by Crippen LogP contribution is 2.30. The summed E-state index contributed by atoms with van der Waals surface area (Å²) >= 11 is 0. The van der Waals surface area contributed by atoms with Crippen LogP contribution in [0.5, 0.6) is 0 Å². The fourth-order valence-corrected chi connectivity index (χ4v) is 4.76. The van der Waals surface area contributed by atoms with Crippen LogP contribution in [-0.4, -0.2) is 40.8 Å². The minimum Gasteiger partial charge on any atom is -0.417 e. The molecule has 3 nitrogen and oxygen atoms in total. The molecule has 0 bridgehead atoms. The molecule has 1 saturated heterocycles. The molecule has 0 radical (unpaired) electrons. The van der Waals surface area contributed by atoms with E-state index in [1.165, 1.54) is 12.5 Å². The van der Waals surface area contributed by atoms with Gasteiger partial charge in [-0.1, -0.05) is 13.8 Å². The predicted octanol–water partition coefficient (Wildman–Crippen LogP) is 3.20. The van der Waals surface area contributed by atoms with Crippen LogP contribution in [0.4, 0.5) is 0 Å². The van der Waals surface area contributed by atoms with Crippen LogP contribution in [-0.2, 0) is 13.9 Å². The molecule has 17 heavy (non-hydrogen) atoms. The molecule has 0 aliphatic carbocycles. The van der Waals surface area contributed by atoms with E-state index in [1.54, 1.807) is 0 Å². The van der Waals surface area contributed by atoms with Crippen molar-refractivity contribution < 1.29 is 13.9 Å². The lowest BCUT2D eigenvalue weighted by Gasteiger charge is -2.32. The highest BCUT2D eigenvalue weighted by atomic mass is 28.4. The predicted molar refractivity (Wildman–Crippen MR) is 72.9 cm³/mol. The minimum atomic E-state index is -1.48. The molecule has 1 aliphatic rings.